The van der Waals surface area contributed by atoms with Crippen LogP contribution in [0.25, 0.3) is 0 Å². The number of anilines is 1. The van der Waals surface area contributed by atoms with Gasteiger partial charge < -0.3 is 15.4 Å². The number of methoxy groups -OCH3 is 1. The van der Waals surface area contributed by atoms with Crippen LogP contribution in [0.3, 0.4) is 0 Å². The number of nitrogens with one attached hydrogen (secondary N) is 2. The molecule has 0 saturated carbocycles. The third-order valence-corrected chi connectivity index (χ3v) is 7.16. The second-order valence-corrected chi connectivity index (χ2v) is 9.33. The number of nitrogens with zero attached hydrogens (tertiary/aromatic N) is 1. The number of carbonyl (C=O) groups excluding carboxylic acids is 1. The Labute approximate surface area is 178 Å². The Morgan fingerprint density at radius 3 is 2.47 bits per heavy atom. The second-order valence-electron chi connectivity index (χ2n) is 7.39. The largest absolute Gasteiger partial charge is 0.495 e. The predicted octanol–water partition coefficient (Wildman–Crippen LogP) is 3.16. The Bertz CT molecular complexity index is 958. The Morgan fingerprint density at radius 2 is 1.80 bits per heavy atom. The van der Waals surface area contributed by atoms with Gasteiger partial charge in [0.2, 0.25) is 15.9 Å². The summed E-state index contributed by atoms with van der Waals surface area (Å²) in [6.45, 7) is 3.12. The van der Waals surface area contributed by atoms with E-state index in [2.05, 4.69) is 10.6 Å². The second kappa shape index (κ2) is 10.1. The van der Waals surface area contributed by atoms with Crippen molar-refractivity contribution < 1.29 is 17.9 Å². The molecule has 0 aromatic heterocycles. The maximum absolute atomic E-state index is 13.0. The van der Waals surface area contributed by atoms with Gasteiger partial charge in [-0.2, -0.15) is 4.31 Å². The summed E-state index contributed by atoms with van der Waals surface area (Å²) >= 11 is 0. The smallest absolute Gasteiger partial charge is 0.243 e. The van der Waals surface area contributed by atoms with E-state index >= 15 is 0 Å². The lowest BCUT2D eigenvalue weighted by molar-refractivity contribution is -0.115. The third kappa shape index (κ3) is 5.38. The summed E-state index contributed by atoms with van der Waals surface area (Å²) in [7, 11) is -2.11. The van der Waals surface area contributed by atoms with E-state index in [4.69, 9.17) is 4.74 Å². The van der Waals surface area contributed by atoms with Gasteiger partial charge in [-0.25, -0.2) is 8.42 Å². The molecule has 2 aromatic rings. The van der Waals surface area contributed by atoms with Crippen LogP contribution in [0.1, 0.15) is 37.8 Å². The van der Waals surface area contributed by atoms with Crippen molar-refractivity contribution in [2.24, 2.45) is 0 Å². The zero-order chi connectivity index (χ0) is 21.6. The van der Waals surface area contributed by atoms with Gasteiger partial charge in [-0.3, -0.25) is 4.79 Å². The van der Waals surface area contributed by atoms with E-state index in [1.54, 1.807) is 6.07 Å². The molecule has 8 heteroatoms. The topological polar surface area (TPSA) is 87.7 Å². The molecule has 162 valence electrons. The number of rotatable bonds is 8. The van der Waals surface area contributed by atoms with Crippen LogP contribution in [0.15, 0.2) is 53.4 Å². The van der Waals surface area contributed by atoms with Gasteiger partial charge in [0, 0.05) is 19.1 Å². The van der Waals surface area contributed by atoms with Crippen molar-refractivity contribution >= 4 is 21.6 Å². The van der Waals surface area contributed by atoms with E-state index in [1.165, 1.54) is 23.5 Å². The van der Waals surface area contributed by atoms with Crippen LogP contribution >= 0.6 is 0 Å². The maximum atomic E-state index is 13.0. The molecule has 1 amide bonds. The fourth-order valence-corrected chi connectivity index (χ4v) is 5.04. The summed E-state index contributed by atoms with van der Waals surface area (Å²) in [5, 5.41) is 5.95. The number of ether oxygens (including phenoxy) is 1. The van der Waals surface area contributed by atoms with Gasteiger partial charge in [0.15, 0.2) is 0 Å². The van der Waals surface area contributed by atoms with E-state index in [9.17, 15) is 13.2 Å². The van der Waals surface area contributed by atoms with E-state index in [1.807, 2.05) is 37.3 Å². The van der Waals surface area contributed by atoms with Crippen molar-refractivity contribution in [3.8, 4) is 5.75 Å². The molecule has 1 saturated heterocycles. The van der Waals surface area contributed by atoms with Gasteiger partial charge in [-0.15, -0.1) is 0 Å². The minimum Gasteiger partial charge on any atom is -0.495 e. The van der Waals surface area contributed by atoms with Gasteiger partial charge in [0.25, 0.3) is 0 Å². The summed E-state index contributed by atoms with van der Waals surface area (Å²) in [5.41, 5.74) is 1.42. The molecular formula is C22H29N3O4S. The van der Waals surface area contributed by atoms with Crippen LogP contribution in [0.4, 0.5) is 5.69 Å². The monoisotopic (exact) mass is 431 g/mol. The van der Waals surface area contributed by atoms with Crippen LogP contribution in [-0.2, 0) is 14.8 Å². The van der Waals surface area contributed by atoms with E-state index < -0.39 is 10.0 Å². The van der Waals surface area contributed by atoms with Crippen molar-refractivity contribution in [2.75, 3.05) is 32.1 Å². The SMILES string of the molecule is COc1ccc(S(=O)(=O)N2CCCCC2)cc1NC(=O)CN[C@@H](C)c1ccccc1. The number of hydrogen-bond donors (Lipinski definition) is 2. The van der Waals surface area contributed by atoms with Gasteiger partial charge >= 0.3 is 0 Å². The number of piperidine rings is 1. The van der Waals surface area contributed by atoms with Crippen LogP contribution in [0.5, 0.6) is 5.75 Å². The minimum absolute atomic E-state index is 0.00431. The summed E-state index contributed by atoms with van der Waals surface area (Å²) in [6.07, 6.45) is 2.78. The molecule has 0 spiro atoms. The number of benzene rings is 2. The third-order valence-electron chi connectivity index (χ3n) is 5.27. The lowest BCUT2D eigenvalue weighted by atomic mass is 10.1. The van der Waals surface area contributed by atoms with Gasteiger partial charge in [-0.1, -0.05) is 36.8 Å². The first-order valence-electron chi connectivity index (χ1n) is 10.2. The Balaban J connectivity index is 1.70. The molecule has 0 aliphatic carbocycles. The number of sulfonamides is 1. The molecule has 1 aliphatic rings. The number of hydrogen-bond acceptors (Lipinski definition) is 5. The predicted molar refractivity (Wildman–Crippen MR) is 117 cm³/mol. The molecule has 2 N–H and O–H groups in total. The quantitative estimate of drug-likeness (QED) is 0.670. The molecule has 1 fully saturated rings. The standard InChI is InChI=1S/C22H29N3O4S/c1-17(18-9-5-3-6-10-18)23-16-22(26)24-20-15-19(11-12-21(20)29-2)30(27,28)25-13-7-4-8-14-25/h3,5-6,9-12,15,17,23H,4,7-8,13-14,16H2,1-2H3,(H,24,26)/t17-/m0/s1. The highest BCUT2D eigenvalue weighted by Gasteiger charge is 2.27. The van der Waals surface area contributed by atoms with Gasteiger partial charge in [-0.05, 0) is 43.5 Å². The highest BCUT2D eigenvalue weighted by molar-refractivity contribution is 7.89. The van der Waals surface area contributed by atoms with Crippen molar-refractivity contribution in [2.45, 2.75) is 37.1 Å². The Kier molecular flexibility index (Phi) is 7.47. The highest BCUT2D eigenvalue weighted by atomic mass is 32.2. The van der Waals surface area contributed by atoms with Crippen LogP contribution < -0.4 is 15.4 Å². The van der Waals surface area contributed by atoms with Crippen molar-refractivity contribution in [1.82, 2.24) is 9.62 Å². The average Bonchev–Trinajstić information content (AvgIpc) is 2.78. The molecule has 30 heavy (non-hydrogen) atoms. The molecule has 2 aromatic carbocycles. The summed E-state index contributed by atoms with van der Waals surface area (Å²) < 4.78 is 32.7. The first-order chi connectivity index (χ1) is 14.4. The highest BCUT2D eigenvalue weighted by Crippen LogP contribution is 2.30. The normalized spacial score (nSPS) is 16.1. The summed E-state index contributed by atoms with van der Waals surface area (Å²) in [5.74, 6) is 0.139. The molecular weight excluding hydrogens is 402 g/mol. The Hall–Kier alpha value is -2.42. The molecule has 0 radical (unpaired) electrons. The van der Waals surface area contributed by atoms with Crippen molar-refractivity contribution in [3.63, 3.8) is 0 Å². The summed E-state index contributed by atoms with van der Waals surface area (Å²) in [4.78, 5) is 12.6. The fraction of sp³-hybridized carbons (Fsp3) is 0.409. The summed E-state index contributed by atoms with van der Waals surface area (Å²) in [6, 6.07) is 14.4. The molecule has 3 rings (SSSR count). The van der Waals surface area contributed by atoms with E-state index in [0.717, 1.165) is 24.8 Å². The molecule has 1 heterocycles. The van der Waals surface area contributed by atoms with Crippen molar-refractivity contribution in [1.29, 1.82) is 0 Å². The molecule has 0 unspecified atom stereocenters. The number of carbonyl (C=O) groups is 1. The Morgan fingerprint density at radius 1 is 1.10 bits per heavy atom. The van der Waals surface area contributed by atoms with Crippen LogP contribution in [0.2, 0.25) is 0 Å². The molecule has 7 nitrogen and oxygen atoms in total. The van der Waals surface area contributed by atoms with Crippen molar-refractivity contribution in [3.05, 3.63) is 54.1 Å². The van der Waals surface area contributed by atoms with Crippen LogP contribution in [0, 0.1) is 0 Å². The van der Waals surface area contributed by atoms with E-state index in [-0.39, 0.29) is 23.4 Å². The molecule has 0 bridgehead atoms. The lowest BCUT2D eigenvalue weighted by Gasteiger charge is -2.26. The number of amides is 1. The van der Waals surface area contributed by atoms with Gasteiger partial charge in [0.1, 0.15) is 5.75 Å². The van der Waals surface area contributed by atoms with Crippen LogP contribution in [-0.4, -0.2) is 45.4 Å². The lowest BCUT2D eigenvalue weighted by Crippen LogP contribution is -2.35. The van der Waals surface area contributed by atoms with Gasteiger partial charge in [0.05, 0.1) is 24.2 Å². The first-order valence-corrected chi connectivity index (χ1v) is 11.6. The zero-order valence-corrected chi connectivity index (χ0v) is 18.2. The molecule has 1 atom stereocenters. The maximum Gasteiger partial charge on any atom is 0.243 e. The minimum atomic E-state index is -3.60. The first kappa shape index (κ1) is 22.3. The zero-order valence-electron chi connectivity index (χ0n) is 17.4. The molecule has 1 aliphatic heterocycles. The average molecular weight is 432 g/mol. The fourth-order valence-electron chi connectivity index (χ4n) is 3.50. The van der Waals surface area contributed by atoms with E-state index in [0.29, 0.717) is 24.5 Å².